The fourth-order valence-electron chi connectivity index (χ4n) is 2.50. The number of hydrogen-bond acceptors (Lipinski definition) is 2. The van der Waals surface area contributed by atoms with E-state index in [1.54, 1.807) is 19.1 Å². The maximum atomic E-state index is 13.1. The minimum Gasteiger partial charge on any atom is -0.366 e. The van der Waals surface area contributed by atoms with E-state index in [1.165, 1.54) is 12.3 Å². The molecule has 3 rings (SSSR count). The zero-order valence-corrected chi connectivity index (χ0v) is 12.0. The zero-order chi connectivity index (χ0) is 16.8. The van der Waals surface area contributed by atoms with Crippen molar-refractivity contribution >= 4 is 16.8 Å². The molecule has 7 heteroatoms. The highest BCUT2D eigenvalue weighted by molar-refractivity contribution is 5.99. The van der Waals surface area contributed by atoms with Gasteiger partial charge in [-0.25, -0.2) is 0 Å². The Balaban J connectivity index is 2.33. The molecule has 4 nitrogen and oxygen atoms in total. The summed E-state index contributed by atoms with van der Waals surface area (Å²) in [7, 11) is 0. The van der Waals surface area contributed by atoms with Gasteiger partial charge in [0.05, 0.1) is 17.3 Å². The maximum absolute atomic E-state index is 13.1. The van der Waals surface area contributed by atoms with Crippen LogP contribution in [0.15, 0.2) is 36.5 Å². The van der Waals surface area contributed by atoms with Gasteiger partial charge in [0.1, 0.15) is 0 Å². The van der Waals surface area contributed by atoms with Gasteiger partial charge < -0.3 is 5.73 Å². The normalized spacial score (nSPS) is 11.8. The number of H-pyrrole nitrogens is 1. The van der Waals surface area contributed by atoms with Gasteiger partial charge in [-0.2, -0.15) is 18.3 Å². The molecule has 0 unspecified atom stereocenters. The third-order valence-corrected chi connectivity index (χ3v) is 3.70. The predicted octanol–water partition coefficient (Wildman–Crippen LogP) is 3.66. The molecule has 0 radical (unpaired) electrons. The van der Waals surface area contributed by atoms with Gasteiger partial charge in [-0.15, -0.1) is 0 Å². The maximum Gasteiger partial charge on any atom is 0.416 e. The molecule has 0 spiro atoms. The zero-order valence-electron chi connectivity index (χ0n) is 12.0. The quantitative estimate of drug-likeness (QED) is 0.756. The molecule has 23 heavy (non-hydrogen) atoms. The molecule has 0 bridgehead atoms. The van der Waals surface area contributed by atoms with Crippen molar-refractivity contribution in [2.24, 2.45) is 5.73 Å². The molecule has 1 amide bonds. The Morgan fingerprint density at radius 1 is 1.17 bits per heavy atom. The fourth-order valence-corrected chi connectivity index (χ4v) is 2.50. The van der Waals surface area contributed by atoms with Crippen molar-refractivity contribution in [3.8, 4) is 11.1 Å². The standard InChI is InChI=1S/C16H12F3N3O/c1-8-2-3-9(15(20)23)4-11(8)12-5-10(16(17,18)19)6-14-13(12)7-21-22-14/h2-7H,1H3,(H2,20,23)(H,21,22). The number of alkyl halides is 3. The van der Waals surface area contributed by atoms with Crippen molar-refractivity contribution in [2.75, 3.05) is 0 Å². The number of nitrogens with zero attached hydrogens (tertiary/aromatic N) is 1. The van der Waals surface area contributed by atoms with Crippen LogP contribution in [-0.2, 0) is 6.18 Å². The lowest BCUT2D eigenvalue weighted by Gasteiger charge is -2.13. The Kier molecular flexibility index (Phi) is 3.35. The summed E-state index contributed by atoms with van der Waals surface area (Å²) in [6, 6.07) is 6.77. The highest BCUT2D eigenvalue weighted by Gasteiger charge is 2.32. The number of aromatic nitrogens is 2. The summed E-state index contributed by atoms with van der Waals surface area (Å²) in [4.78, 5) is 11.4. The van der Waals surface area contributed by atoms with Gasteiger partial charge in [-0.1, -0.05) is 6.07 Å². The van der Waals surface area contributed by atoms with E-state index < -0.39 is 17.6 Å². The second-order valence-corrected chi connectivity index (χ2v) is 5.25. The molecule has 3 N–H and O–H groups in total. The van der Waals surface area contributed by atoms with Crippen LogP contribution in [0.25, 0.3) is 22.0 Å². The van der Waals surface area contributed by atoms with Crippen molar-refractivity contribution in [3.05, 3.63) is 53.2 Å². The van der Waals surface area contributed by atoms with E-state index in [4.69, 9.17) is 5.73 Å². The Morgan fingerprint density at radius 2 is 1.91 bits per heavy atom. The van der Waals surface area contributed by atoms with Crippen LogP contribution in [0.5, 0.6) is 0 Å². The number of carbonyl (C=O) groups is 1. The van der Waals surface area contributed by atoms with E-state index in [-0.39, 0.29) is 11.1 Å². The van der Waals surface area contributed by atoms with Crippen molar-refractivity contribution in [1.82, 2.24) is 10.2 Å². The van der Waals surface area contributed by atoms with Crippen LogP contribution < -0.4 is 5.73 Å². The second kappa shape index (κ2) is 5.12. The summed E-state index contributed by atoms with van der Waals surface area (Å²) in [6.07, 6.45) is -3.02. The average Bonchev–Trinajstić information content (AvgIpc) is 2.94. The number of nitrogens with two attached hydrogens (primary N) is 1. The molecule has 0 atom stereocenters. The van der Waals surface area contributed by atoms with Crippen LogP contribution in [0.1, 0.15) is 21.5 Å². The number of aryl methyl sites for hydroxylation is 1. The van der Waals surface area contributed by atoms with Gasteiger partial charge in [-0.3, -0.25) is 9.89 Å². The molecule has 0 aliphatic carbocycles. The monoisotopic (exact) mass is 319 g/mol. The predicted molar refractivity (Wildman–Crippen MR) is 79.8 cm³/mol. The van der Waals surface area contributed by atoms with Crippen molar-refractivity contribution in [1.29, 1.82) is 0 Å². The van der Waals surface area contributed by atoms with Gasteiger partial charge in [-0.05, 0) is 47.9 Å². The topological polar surface area (TPSA) is 71.8 Å². The third-order valence-electron chi connectivity index (χ3n) is 3.70. The first-order chi connectivity index (χ1) is 10.8. The largest absolute Gasteiger partial charge is 0.416 e. The number of nitrogens with one attached hydrogen (secondary N) is 1. The Morgan fingerprint density at radius 3 is 2.57 bits per heavy atom. The first-order valence-corrected chi connectivity index (χ1v) is 6.72. The molecule has 0 aliphatic rings. The Labute approximate surface area is 129 Å². The lowest BCUT2D eigenvalue weighted by Crippen LogP contribution is -2.11. The smallest absolute Gasteiger partial charge is 0.366 e. The summed E-state index contributed by atoms with van der Waals surface area (Å²) < 4.78 is 39.4. The lowest BCUT2D eigenvalue weighted by molar-refractivity contribution is -0.137. The molecule has 0 saturated heterocycles. The van der Waals surface area contributed by atoms with Crippen LogP contribution in [-0.4, -0.2) is 16.1 Å². The number of amides is 1. The van der Waals surface area contributed by atoms with Crippen LogP contribution >= 0.6 is 0 Å². The summed E-state index contributed by atoms with van der Waals surface area (Å²) in [5.41, 5.74) is 6.59. The molecule has 2 aromatic carbocycles. The van der Waals surface area contributed by atoms with Crippen LogP contribution in [0.3, 0.4) is 0 Å². The van der Waals surface area contributed by atoms with Crippen LogP contribution in [0, 0.1) is 6.92 Å². The number of hydrogen-bond donors (Lipinski definition) is 2. The molecule has 118 valence electrons. The van der Waals surface area contributed by atoms with Crippen LogP contribution in [0.4, 0.5) is 13.2 Å². The molecule has 0 fully saturated rings. The van der Waals surface area contributed by atoms with Crippen molar-refractivity contribution in [3.63, 3.8) is 0 Å². The third kappa shape index (κ3) is 2.65. The highest BCUT2D eigenvalue weighted by Crippen LogP contribution is 2.37. The Hall–Kier alpha value is -2.83. The van der Waals surface area contributed by atoms with E-state index >= 15 is 0 Å². The molecule has 3 aromatic rings. The van der Waals surface area contributed by atoms with E-state index in [1.807, 2.05) is 0 Å². The lowest BCUT2D eigenvalue weighted by atomic mass is 9.94. The number of aromatic amines is 1. The van der Waals surface area contributed by atoms with Gasteiger partial charge in [0, 0.05) is 10.9 Å². The van der Waals surface area contributed by atoms with Gasteiger partial charge in [0.2, 0.25) is 5.91 Å². The van der Waals surface area contributed by atoms with E-state index in [0.29, 0.717) is 16.5 Å². The second-order valence-electron chi connectivity index (χ2n) is 5.25. The highest BCUT2D eigenvalue weighted by atomic mass is 19.4. The minimum atomic E-state index is -4.48. The Bertz CT molecular complexity index is 913. The number of fused-ring (bicyclic) bond motifs is 1. The summed E-state index contributed by atoms with van der Waals surface area (Å²) in [5, 5.41) is 6.92. The van der Waals surface area contributed by atoms with Gasteiger partial charge in [0.25, 0.3) is 0 Å². The number of carbonyl (C=O) groups excluding carboxylic acids is 1. The molecule has 0 aliphatic heterocycles. The van der Waals surface area contributed by atoms with Crippen molar-refractivity contribution < 1.29 is 18.0 Å². The van der Waals surface area contributed by atoms with Crippen LogP contribution in [0.2, 0.25) is 0 Å². The van der Waals surface area contributed by atoms with E-state index in [0.717, 1.165) is 17.7 Å². The average molecular weight is 319 g/mol. The number of halogens is 3. The molecular weight excluding hydrogens is 307 g/mol. The molecule has 1 aromatic heterocycles. The summed E-state index contributed by atoms with van der Waals surface area (Å²) in [5.74, 6) is -0.637. The van der Waals surface area contributed by atoms with Crippen molar-refractivity contribution in [2.45, 2.75) is 13.1 Å². The first kappa shape index (κ1) is 15.1. The molecular formula is C16H12F3N3O. The summed E-state index contributed by atoms with van der Waals surface area (Å²) in [6.45, 7) is 1.76. The van der Waals surface area contributed by atoms with Gasteiger partial charge >= 0.3 is 6.18 Å². The number of rotatable bonds is 2. The SMILES string of the molecule is Cc1ccc(C(N)=O)cc1-c1cc(C(F)(F)F)cc2[nH]ncc12. The van der Waals surface area contributed by atoms with Gasteiger partial charge in [0.15, 0.2) is 0 Å². The first-order valence-electron chi connectivity index (χ1n) is 6.72. The fraction of sp³-hybridized carbons (Fsp3) is 0.125. The number of benzene rings is 2. The number of primary amides is 1. The molecule has 1 heterocycles. The van der Waals surface area contributed by atoms with E-state index in [9.17, 15) is 18.0 Å². The summed E-state index contributed by atoms with van der Waals surface area (Å²) >= 11 is 0. The molecule has 0 saturated carbocycles. The minimum absolute atomic E-state index is 0.236. The van der Waals surface area contributed by atoms with E-state index in [2.05, 4.69) is 10.2 Å².